The lowest BCUT2D eigenvalue weighted by Crippen LogP contribution is -2.34. The van der Waals surface area contributed by atoms with Gasteiger partial charge in [-0.1, -0.05) is 37.3 Å². The van der Waals surface area contributed by atoms with Gasteiger partial charge in [-0.25, -0.2) is 0 Å². The van der Waals surface area contributed by atoms with Crippen LogP contribution in [0, 0.1) is 5.41 Å². The van der Waals surface area contributed by atoms with Crippen molar-refractivity contribution in [1.82, 2.24) is 4.90 Å². The molecule has 0 spiro atoms. The van der Waals surface area contributed by atoms with Crippen molar-refractivity contribution in [3.63, 3.8) is 0 Å². The number of rotatable bonds is 7. The van der Waals surface area contributed by atoms with Crippen molar-refractivity contribution >= 4 is 5.84 Å². The Bertz CT molecular complexity index is 335. The minimum atomic E-state index is 0.270. The Labute approximate surface area is 104 Å². The van der Waals surface area contributed by atoms with Crippen LogP contribution < -0.4 is 5.73 Å². The summed E-state index contributed by atoms with van der Waals surface area (Å²) in [6.07, 6.45) is 1.77. The lowest BCUT2D eigenvalue weighted by molar-refractivity contribution is 0.200. The number of nitrogens with one attached hydrogen (secondary N) is 1. The van der Waals surface area contributed by atoms with Crippen LogP contribution in [0.15, 0.2) is 30.3 Å². The fourth-order valence-corrected chi connectivity index (χ4v) is 1.80. The minimum absolute atomic E-state index is 0.270. The molecule has 0 amide bonds. The molecule has 0 saturated heterocycles. The Kier molecular flexibility index (Phi) is 5.70. The summed E-state index contributed by atoms with van der Waals surface area (Å²) in [4.78, 5) is 2.39. The number of hydrogen-bond donors (Lipinski definition) is 2. The van der Waals surface area contributed by atoms with Gasteiger partial charge in [0.05, 0.1) is 5.84 Å². The van der Waals surface area contributed by atoms with Crippen LogP contribution in [0.5, 0.6) is 0 Å². The Morgan fingerprint density at radius 1 is 1.35 bits per heavy atom. The van der Waals surface area contributed by atoms with Crippen molar-refractivity contribution < 1.29 is 0 Å². The van der Waals surface area contributed by atoms with Gasteiger partial charge in [-0.15, -0.1) is 0 Å². The van der Waals surface area contributed by atoms with Gasteiger partial charge >= 0.3 is 0 Å². The van der Waals surface area contributed by atoms with E-state index in [-0.39, 0.29) is 5.84 Å². The fourth-order valence-electron chi connectivity index (χ4n) is 1.80. The standard InChI is InChI=1S/C14H23N3/c1-3-12(2)17(10-9-14(15)16)11-13-7-5-4-6-8-13/h4-8,12H,3,9-11H2,1-2H3,(H3,15,16). The van der Waals surface area contributed by atoms with Crippen LogP contribution in [0.25, 0.3) is 0 Å². The molecule has 1 unspecified atom stereocenters. The molecule has 3 heteroatoms. The molecule has 0 aliphatic heterocycles. The molecule has 94 valence electrons. The zero-order valence-electron chi connectivity index (χ0n) is 10.8. The van der Waals surface area contributed by atoms with Crippen LogP contribution in [-0.4, -0.2) is 23.3 Å². The van der Waals surface area contributed by atoms with Crippen LogP contribution in [0.4, 0.5) is 0 Å². The van der Waals surface area contributed by atoms with Crippen molar-refractivity contribution in [3.05, 3.63) is 35.9 Å². The first-order valence-corrected chi connectivity index (χ1v) is 6.24. The first-order chi connectivity index (χ1) is 8.13. The maximum absolute atomic E-state index is 7.32. The maximum atomic E-state index is 7.32. The highest BCUT2D eigenvalue weighted by Crippen LogP contribution is 2.10. The Morgan fingerprint density at radius 2 is 2.00 bits per heavy atom. The van der Waals surface area contributed by atoms with Crippen molar-refractivity contribution in [1.29, 1.82) is 5.41 Å². The van der Waals surface area contributed by atoms with Gasteiger partial charge in [0, 0.05) is 25.6 Å². The average molecular weight is 233 g/mol. The molecule has 0 saturated carbocycles. The van der Waals surface area contributed by atoms with Crippen LogP contribution in [0.1, 0.15) is 32.3 Å². The van der Waals surface area contributed by atoms with Gasteiger partial charge in [0.25, 0.3) is 0 Å². The summed E-state index contributed by atoms with van der Waals surface area (Å²) in [7, 11) is 0. The van der Waals surface area contributed by atoms with E-state index in [1.165, 1.54) is 5.56 Å². The van der Waals surface area contributed by atoms with Gasteiger partial charge in [0.2, 0.25) is 0 Å². The summed E-state index contributed by atoms with van der Waals surface area (Å²) < 4.78 is 0. The molecule has 17 heavy (non-hydrogen) atoms. The monoisotopic (exact) mass is 233 g/mol. The summed E-state index contributed by atoms with van der Waals surface area (Å²) in [5.41, 5.74) is 6.75. The number of benzene rings is 1. The highest BCUT2D eigenvalue weighted by molar-refractivity contribution is 5.76. The van der Waals surface area contributed by atoms with Gasteiger partial charge in [0.15, 0.2) is 0 Å². The van der Waals surface area contributed by atoms with E-state index in [1.807, 2.05) is 6.07 Å². The smallest absolute Gasteiger partial charge is 0.0918 e. The summed E-state index contributed by atoms with van der Waals surface area (Å²) >= 11 is 0. The summed E-state index contributed by atoms with van der Waals surface area (Å²) in [6, 6.07) is 11.0. The lowest BCUT2D eigenvalue weighted by atomic mass is 10.1. The average Bonchev–Trinajstić information content (AvgIpc) is 2.34. The van der Waals surface area contributed by atoms with Crippen LogP contribution >= 0.6 is 0 Å². The van der Waals surface area contributed by atoms with Crippen molar-refractivity contribution in [2.24, 2.45) is 5.73 Å². The predicted molar refractivity (Wildman–Crippen MR) is 73.1 cm³/mol. The molecule has 0 fully saturated rings. The second kappa shape index (κ2) is 7.07. The molecule has 0 aromatic heterocycles. The molecule has 0 bridgehead atoms. The highest BCUT2D eigenvalue weighted by atomic mass is 15.1. The Balaban J connectivity index is 2.60. The topological polar surface area (TPSA) is 53.1 Å². The number of nitrogens with two attached hydrogens (primary N) is 1. The first kappa shape index (κ1) is 13.7. The summed E-state index contributed by atoms with van der Waals surface area (Å²) in [5.74, 6) is 0.270. The Morgan fingerprint density at radius 3 is 2.53 bits per heavy atom. The second-order valence-corrected chi connectivity index (χ2v) is 4.49. The predicted octanol–water partition coefficient (Wildman–Crippen LogP) is 2.61. The molecular weight excluding hydrogens is 210 g/mol. The second-order valence-electron chi connectivity index (χ2n) is 4.49. The van der Waals surface area contributed by atoms with Gasteiger partial charge < -0.3 is 5.73 Å². The summed E-state index contributed by atoms with van der Waals surface area (Å²) in [5, 5.41) is 7.32. The Hall–Kier alpha value is -1.35. The van der Waals surface area contributed by atoms with Crippen LogP contribution in [-0.2, 0) is 6.54 Å². The van der Waals surface area contributed by atoms with E-state index >= 15 is 0 Å². The van der Waals surface area contributed by atoms with E-state index in [0.717, 1.165) is 19.5 Å². The molecule has 1 rings (SSSR count). The highest BCUT2D eigenvalue weighted by Gasteiger charge is 2.12. The van der Waals surface area contributed by atoms with E-state index in [4.69, 9.17) is 11.1 Å². The number of nitrogens with zero attached hydrogens (tertiary/aromatic N) is 1. The zero-order valence-corrected chi connectivity index (χ0v) is 10.8. The molecule has 1 aromatic carbocycles. The third-order valence-electron chi connectivity index (χ3n) is 3.11. The third kappa shape index (κ3) is 5.00. The van der Waals surface area contributed by atoms with Crippen LogP contribution in [0.3, 0.4) is 0 Å². The molecular formula is C14H23N3. The largest absolute Gasteiger partial charge is 0.388 e. The summed E-state index contributed by atoms with van der Waals surface area (Å²) in [6.45, 7) is 6.21. The molecule has 1 atom stereocenters. The molecule has 3 N–H and O–H groups in total. The first-order valence-electron chi connectivity index (χ1n) is 6.24. The SMILES string of the molecule is CCC(C)N(CCC(=N)N)Cc1ccccc1. The normalized spacial score (nSPS) is 12.6. The van der Waals surface area contributed by atoms with E-state index in [0.29, 0.717) is 12.5 Å². The van der Waals surface area contributed by atoms with Gasteiger partial charge in [-0.3, -0.25) is 10.3 Å². The van der Waals surface area contributed by atoms with Crippen molar-refractivity contribution in [2.45, 2.75) is 39.3 Å². The van der Waals surface area contributed by atoms with Crippen molar-refractivity contribution in [3.8, 4) is 0 Å². The van der Waals surface area contributed by atoms with E-state index in [2.05, 4.69) is 43.0 Å². The van der Waals surface area contributed by atoms with Gasteiger partial charge in [-0.2, -0.15) is 0 Å². The van der Waals surface area contributed by atoms with Crippen LogP contribution in [0.2, 0.25) is 0 Å². The molecule has 0 aliphatic carbocycles. The fraction of sp³-hybridized carbons (Fsp3) is 0.500. The van der Waals surface area contributed by atoms with E-state index < -0.39 is 0 Å². The molecule has 3 nitrogen and oxygen atoms in total. The van der Waals surface area contributed by atoms with Gasteiger partial charge in [-0.05, 0) is 18.9 Å². The van der Waals surface area contributed by atoms with Gasteiger partial charge in [0.1, 0.15) is 0 Å². The lowest BCUT2D eigenvalue weighted by Gasteiger charge is -2.28. The number of hydrogen-bond acceptors (Lipinski definition) is 2. The molecule has 0 radical (unpaired) electrons. The third-order valence-corrected chi connectivity index (χ3v) is 3.11. The molecule has 1 aromatic rings. The van der Waals surface area contributed by atoms with Crippen molar-refractivity contribution in [2.75, 3.05) is 6.54 Å². The quantitative estimate of drug-likeness (QED) is 0.562. The minimum Gasteiger partial charge on any atom is -0.388 e. The zero-order chi connectivity index (χ0) is 12.7. The van der Waals surface area contributed by atoms with E-state index in [9.17, 15) is 0 Å². The maximum Gasteiger partial charge on any atom is 0.0918 e. The molecule has 0 aliphatic rings. The molecule has 0 heterocycles. The van der Waals surface area contributed by atoms with E-state index in [1.54, 1.807) is 0 Å². The number of amidine groups is 1.